The van der Waals surface area contributed by atoms with Gasteiger partial charge in [0.2, 0.25) is 0 Å². The molecule has 1 nitrogen and oxygen atoms in total. The number of epoxide rings is 1. The van der Waals surface area contributed by atoms with E-state index in [9.17, 15) is 0 Å². The highest BCUT2D eigenvalue weighted by molar-refractivity contribution is 6.83. The lowest BCUT2D eigenvalue weighted by Crippen LogP contribution is -2.26. The zero-order chi connectivity index (χ0) is 9.92. The first-order valence-electron chi connectivity index (χ1n) is 5.62. The first kappa shape index (κ1) is 8.92. The van der Waals surface area contributed by atoms with Crippen molar-refractivity contribution in [3.63, 3.8) is 0 Å². The van der Waals surface area contributed by atoms with Crippen molar-refractivity contribution in [1.29, 1.82) is 0 Å². The summed E-state index contributed by atoms with van der Waals surface area (Å²) in [5.41, 5.74) is 0. The fourth-order valence-corrected chi connectivity index (χ4v) is 4.98. The van der Waals surface area contributed by atoms with Crippen molar-refractivity contribution < 1.29 is 4.74 Å². The van der Waals surface area contributed by atoms with Gasteiger partial charge in [-0.3, -0.25) is 0 Å². The molecule has 76 valence electrons. The largest absolute Gasteiger partial charge is 0.365 e. The predicted molar refractivity (Wildman–Crippen MR) is 60.8 cm³/mol. The quantitative estimate of drug-likeness (QED) is 0.365. The van der Waals surface area contributed by atoms with E-state index >= 15 is 0 Å². The lowest BCUT2D eigenvalue weighted by atomic mass is 10.0. The van der Waals surface area contributed by atoms with Crippen molar-refractivity contribution in [3.05, 3.63) is 23.4 Å². The van der Waals surface area contributed by atoms with Crippen LogP contribution in [0.4, 0.5) is 0 Å². The van der Waals surface area contributed by atoms with Gasteiger partial charge >= 0.3 is 0 Å². The second kappa shape index (κ2) is 2.61. The second-order valence-corrected chi connectivity index (χ2v) is 10.9. The van der Waals surface area contributed by atoms with Gasteiger partial charge < -0.3 is 4.74 Å². The van der Waals surface area contributed by atoms with Crippen LogP contribution in [0, 0.1) is 11.8 Å². The van der Waals surface area contributed by atoms with Crippen molar-refractivity contribution in [2.45, 2.75) is 38.3 Å². The molecule has 1 aliphatic heterocycles. The molecule has 3 rings (SSSR count). The highest BCUT2D eigenvalue weighted by Crippen LogP contribution is 2.47. The van der Waals surface area contributed by atoms with Crippen LogP contribution in [-0.4, -0.2) is 20.3 Å². The smallest absolute Gasteiger partial charge is 0.103 e. The Kier molecular flexibility index (Phi) is 1.67. The molecule has 0 aromatic carbocycles. The number of ether oxygens (including phenoxy) is 1. The maximum Gasteiger partial charge on any atom is 0.103 e. The Hall–Kier alpha value is -0.343. The maximum atomic E-state index is 5.63. The van der Waals surface area contributed by atoms with Gasteiger partial charge in [-0.1, -0.05) is 43.1 Å². The molecular formula is C12H18OSi. The van der Waals surface area contributed by atoms with Crippen LogP contribution >= 0.6 is 0 Å². The first-order chi connectivity index (χ1) is 6.55. The van der Waals surface area contributed by atoms with E-state index in [1.807, 2.05) is 0 Å². The molecule has 1 heterocycles. The minimum Gasteiger partial charge on any atom is -0.365 e. The summed E-state index contributed by atoms with van der Waals surface area (Å²) in [6.45, 7) is 7.36. The van der Waals surface area contributed by atoms with Crippen LogP contribution in [0.15, 0.2) is 23.4 Å². The average molecular weight is 206 g/mol. The monoisotopic (exact) mass is 206 g/mol. The normalized spacial score (nSPS) is 44.4. The van der Waals surface area contributed by atoms with Crippen molar-refractivity contribution in [3.8, 4) is 0 Å². The summed E-state index contributed by atoms with van der Waals surface area (Å²) in [4.78, 5) is 0. The standard InChI is InChI=1S/C12H18OSi/c1-14(2,3)11-7-9-6-8(11)4-5-10-12(9)13-10/h4-5,7-10,12H,6H2,1-3H3/t8-,9+,10?,12?/m1/s1. The van der Waals surface area contributed by atoms with Crippen molar-refractivity contribution in [2.75, 3.05) is 0 Å². The second-order valence-electron chi connectivity index (χ2n) is 5.83. The topological polar surface area (TPSA) is 12.5 Å². The van der Waals surface area contributed by atoms with E-state index in [1.165, 1.54) is 6.42 Å². The van der Waals surface area contributed by atoms with E-state index in [2.05, 4.69) is 37.9 Å². The SMILES string of the molecule is C[Si](C)(C)C1=C[C@@H]2C[C@H]1C=CC1OC12. The van der Waals surface area contributed by atoms with Crippen LogP contribution in [0.5, 0.6) is 0 Å². The third kappa shape index (κ3) is 1.24. The van der Waals surface area contributed by atoms with Gasteiger partial charge in [-0.25, -0.2) is 0 Å². The molecule has 1 saturated heterocycles. The molecule has 3 aliphatic rings. The summed E-state index contributed by atoms with van der Waals surface area (Å²) in [5, 5.41) is 1.76. The fraction of sp³-hybridized carbons (Fsp3) is 0.667. The minimum absolute atomic E-state index is 0.462. The highest BCUT2D eigenvalue weighted by Gasteiger charge is 2.48. The van der Waals surface area contributed by atoms with E-state index in [1.54, 1.807) is 5.20 Å². The molecular weight excluding hydrogens is 188 g/mol. The Labute approximate surface area is 86.9 Å². The molecule has 0 aromatic rings. The Balaban J connectivity index is 1.95. The van der Waals surface area contributed by atoms with Gasteiger partial charge in [0.15, 0.2) is 0 Å². The Morgan fingerprint density at radius 1 is 1.29 bits per heavy atom. The van der Waals surface area contributed by atoms with Crippen molar-refractivity contribution in [2.24, 2.45) is 11.8 Å². The predicted octanol–water partition coefficient (Wildman–Crippen LogP) is 2.76. The van der Waals surface area contributed by atoms with Crippen LogP contribution in [0.1, 0.15) is 6.42 Å². The summed E-state index contributed by atoms with van der Waals surface area (Å²) in [5.74, 6) is 1.48. The molecule has 14 heavy (non-hydrogen) atoms. The average Bonchev–Trinajstić information content (AvgIpc) is 2.69. The number of hydrogen-bond donors (Lipinski definition) is 0. The van der Waals surface area contributed by atoms with Crippen LogP contribution in [-0.2, 0) is 4.74 Å². The third-order valence-corrected chi connectivity index (χ3v) is 5.97. The van der Waals surface area contributed by atoms with E-state index in [0.29, 0.717) is 12.2 Å². The maximum absolute atomic E-state index is 5.63. The summed E-state index contributed by atoms with van der Waals surface area (Å²) in [7, 11) is -1.09. The Morgan fingerprint density at radius 3 is 2.79 bits per heavy atom. The van der Waals surface area contributed by atoms with Gasteiger partial charge in [0.05, 0.1) is 14.2 Å². The van der Waals surface area contributed by atoms with Crippen LogP contribution in [0.25, 0.3) is 0 Å². The first-order valence-corrected chi connectivity index (χ1v) is 9.12. The zero-order valence-corrected chi connectivity index (χ0v) is 10.2. The zero-order valence-electron chi connectivity index (χ0n) is 9.16. The van der Waals surface area contributed by atoms with Gasteiger partial charge in [0, 0.05) is 5.92 Å². The van der Waals surface area contributed by atoms with E-state index in [-0.39, 0.29) is 0 Å². The van der Waals surface area contributed by atoms with Crippen LogP contribution < -0.4 is 0 Å². The van der Waals surface area contributed by atoms with E-state index in [0.717, 1.165) is 11.8 Å². The molecule has 2 aliphatic carbocycles. The number of hydrogen-bond acceptors (Lipinski definition) is 1. The lowest BCUT2D eigenvalue weighted by molar-refractivity contribution is 0.338. The van der Waals surface area contributed by atoms with Crippen molar-refractivity contribution in [1.82, 2.24) is 0 Å². The molecule has 0 aromatic heterocycles. The summed E-state index contributed by atoms with van der Waals surface area (Å²) >= 11 is 0. The fourth-order valence-electron chi connectivity index (χ4n) is 2.94. The Morgan fingerprint density at radius 2 is 2.07 bits per heavy atom. The molecule has 0 spiro atoms. The summed E-state index contributed by atoms with van der Waals surface area (Å²) < 4.78 is 5.63. The molecule has 2 heteroatoms. The highest BCUT2D eigenvalue weighted by atomic mass is 28.3. The van der Waals surface area contributed by atoms with Crippen LogP contribution in [0.3, 0.4) is 0 Å². The molecule has 0 radical (unpaired) electrons. The molecule has 2 unspecified atom stereocenters. The number of allylic oxidation sites excluding steroid dienone is 2. The summed E-state index contributed by atoms with van der Waals surface area (Å²) in [6, 6.07) is 0. The molecule has 4 atom stereocenters. The summed E-state index contributed by atoms with van der Waals surface area (Å²) in [6.07, 6.45) is 9.56. The third-order valence-electron chi connectivity index (χ3n) is 3.70. The lowest BCUT2D eigenvalue weighted by Gasteiger charge is -2.23. The van der Waals surface area contributed by atoms with Gasteiger partial charge in [-0.2, -0.15) is 0 Å². The van der Waals surface area contributed by atoms with Gasteiger partial charge in [-0.05, 0) is 12.3 Å². The Bertz CT molecular complexity index is 324. The minimum atomic E-state index is -1.09. The number of fused-ring (bicyclic) bond motifs is 4. The van der Waals surface area contributed by atoms with Gasteiger partial charge in [0.25, 0.3) is 0 Å². The molecule has 0 saturated carbocycles. The molecule has 2 bridgehead atoms. The molecule has 1 fully saturated rings. The van der Waals surface area contributed by atoms with Gasteiger partial charge in [-0.15, -0.1) is 0 Å². The van der Waals surface area contributed by atoms with Crippen LogP contribution in [0.2, 0.25) is 19.6 Å². The van der Waals surface area contributed by atoms with E-state index < -0.39 is 8.07 Å². The van der Waals surface area contributed by atoms with Crippen molar-refractivity contribution >= 4 is 8.07 Å². The number of rotatable bonds is 1. The molecule has 0 amide bonds. The van der Waals surface area contributed by atoms with Gasteiger partial charge in [0.1, 0.15) is 6.10 Å². The van der Waals surface area contributed by atoms with E-state index in [4.69, 9.17) is 4.74 Å². The molecule has 0 N–H and O–H groups in total.